The van der Waals surface area contributed by atoms with E-state index in [4.69, 9.17) is 14.6 Å². The number of hydrogen-bond donors (Lipinski definition) is 1. The molecule has 0 saturated carbocycles. The van der Waals surface area contributed by atoms with Crippen LogP contribution in [0.5, 0.6) is 11.5 Å². The van der Waals surface area contributed by atoms with Crippen molar-refractivity contribution in [2.75, 3.05) is 6.61 Å². The Hall–Kier alpha value is -2.78. The summed E-state index contributed by atoms with van der Waals surface area (Å²) in [5, 5.41) is 9.03. The van der Waals surface area contributed by atoms with Gasteiger partial charge < -0.3 is 14.6 Å². The summed E-state index contributed by atoms with van der Waals surface area (Å²) in [6, 6.07) is 26.0. The van der Waals surface area contributed by atoms with E-state index in [0.29, 0.717) is 6.61 Å². The van der Waals surface area contributed by atoms with Crippen LogP contribution >= 0.6 is 0 Å². The zero-order chi connectivity index (χ0) is 17.5. The first-order valence-corrected chi connectivity index (χ1v) is 8.39. The maximum atomic E-state index is 9.03. The first-order chi connectivity index (χ1) is 12.2. The third kappa shape index (κ3) is 4.85. The fourth-order valence-electron chi connectivity index (χ4n) is 2.48. The van der Waals surface area contributed by atoms with Gasteiger partial charge in [-0.05, 0) is 47.9 Å². The van der Waals surface area contributed by atoms with Crippen molar-refractivity contribution in [3.05, 3.63) is 84.4 Å². The molecule has 0 spiro atoms. The normalized spacial score (nSPS) is 11.8. The van der Waals surface area contributed by atoms with Gasteiger partial charge in [-0.25, -0.2) is 0 Å². The summed E-state index contributed by atoms with van der Waals surface area (Å²) in [5.41, 5.74) is 3.38. The van der Waals surface area contributed by atoms with Crippen molar-refractivity contribution in [1.29, 1.82) is 0 Å². The molecule has 3 heteroatoms. The Kier molecular flexibility index (Phi) is 5.70. The number of rotatable bonds is 7. The Morgan fingerprint density at radius 3 is 1.88 bits per heavy atom. The van der Waals surface area contributed by atoms with Gasteiger partial charge in [0.2, 0.25) is 0 Å². The third-order valence-electron chi connectivity index (χ3n) is 3.88. The SMILES string of the molecule is C[C@H](CO)Oc1ccc(-c2ccc(OCc3ccccc3)cc2)cc1. The van der Waals surface area contributed by atoms with E-state index in [-0.39, 0.29) is 12.7 Å². The van der Waals surface area contributed by atoms with Crippen LogP contribution in [0.1, 0.15) is 12.5 Å². The average molecular weight is 334 g/mol. The Balaban J connectivity index is 1.61. The lowest BCUT2D eigenvalue weighted by Gasteiger charge is -2.12. The Morgan fingerprint density at radius 2 is 1.32 bits per heavy atom. The van der Waals surface area contributed by atoms with Crippen molar-refractivity contribution >= 4 is 0 Å². The van der Waals surface area contributed by atoms with Crippen LogP contribution < -0.4 is 9.47 Å². The Bertz CT molecular complexity index is 765. The molecule has 0 aliphatic heterocycles. The fourth-order valence-corrected chi connectivity index (χ4v) is 2.48. The van der Waals surface area contributed by atoms with Crippen LogP contribution in [0.15, 0.2) is 78.9 Å². The molecule has 3 nitrogen and oxygen atoms in total. The van der Waals surface area contributed by atoms with E-state index < -0.39 is 0 Å². The second kappa shape index (κ2) is 8.36. The number of benzene rings is 3. The minimum atomic E-state index is -0.202. The smallest absolute Gasteiger partial charge is 0.119 e. The highest BCUT2D eigenvalue weighted by atomic mass is 16.5. The van der Waals surface area contributed by atoms with Crippen LogP contribution in [-0.2, 0) is 6.61 Å². The van der Waals surface area contributed by atoms with Crippen LogP contribution in [0.3, 0.4) is 0 Å². The monoisotopic (exact) mass is 334 g/mol. The lowest BCUT2D eigenvalue weighted by atomic mass is 10.1. The molecule has 0 aliphatic carbocycles. The van der Waals surface area contributed by atoms with Gasteiger partial charge in [0.25, 0.3) is 0 Å². The summed E-state index contributed by atoms with van der Waals surface area (Å²) in [7, 11) is 0. The maximum absolute atomic E-state index is 9.03. The zero-order valence-electron chi connectivity index (χ0n) is 14.3. The van der Waals surface area contributed by atoms with Gasteiger partial charge in [-0.1, -0.05) is 54.6 Å². The summed E-state index contributed by atoms with van der Waals surface area (Å²) < 4.78 is 11.4. The zero-order valence-corrected chi connectivity index (χ0v) is 14.3. The molecule has 0 fully saturated rings. The van der Waals surface area contributed by atoms with E-state index in [1.165, 1.54) is 0 Å². The summed E-state index contributed by atoms with van der Waals surface area (Å²) in [6.45, 7) is 2.41. The highest BCUT2D eigenvalue weighted by Crippen LogP contribution is 2.25. The van der Waals surface area contributed by atoms with Gasteiger partial charge in [-0.15, -0.1) is 0 Å². The highest BCUT2D eigenvalue weighted by molar-refractivity contribution is 5.64. The van der Waals surface area contributed by atoms with Gasteiger partial charge in [0.15, 0.2) is 0 Å². The predicted octanol–water partition coefficient (Wildman–Crippen LogP) is 4.69. The van der Waals surface area contributed by atoms with Gasteiger partial charge in [0.1, 0.15) is 24.2 Å². The molecule has 3 rings (SSSR count). The van der Waals surface area contributed by atoms with Gasteiger partial charge in [-0.3, -0.25) is 0 Å². The molecule has 0 aliphatic rings. The number of aliphatic hydroxyl groups excluding tert-OH is 1. The highest BCUT2D eigenvalue weighted by Gasteiger charge is 2.03. The minimum absolute atomic E-state index is 0.00615. The van der Waals surface area contributed by atoms with Crippen molar-refractivity contribution in [1.82, 2.24) is 0 Å². The van der Waals surface area contributed by atoms with Gasteiger partial charge >= 0.3 is 0 Å². The van der Waals surface area contributed by atoms with Gasteiger partial charge in [0, 0.05) is 0 Å². The van der Waals surface area contributed by atoms with Crippen LogP contribution in [0.4, 0.5) is 0 Å². The van der Waals surface area contributed by atoms with E-state index in [0.717, 1.165) is 28.2 Å². The molecule has 25 heavy (non-hydrogen) atoms. The van der Waals surface area contributed by atoms with E-state index in [1.54, 1.807) is 0 Å². The molecule has 3 aromatic carbocycles. The van der Waals surface area contributed by atoms with Gasteiger partial charge in [0.05, 0.1) is 6.61 Å². The molecular weight excluding hydrogens is 312 g/mol. The molecule has 1 atom stereocenters. The molecular formula is C22H22O3. The molecule has 0 amide bonds. The lowest BCUT2D eigenvalue weighted by Crippen LogP contribution is -2.15. The standard InChI is InChI=1S/C22H22O3/c1-17(15-23)25-22-13-9-20(10-14-22)19-7-11-21(12-8-19)24-16-18-5-3-2-4-6-18/h2-14,17,23H,15-16H2,1H3/t17-/m1/s1. The molecule has 0 radical (unpaired) electrons. The van der Waals surface area contributed by atoms with E-state index in [1.807, 2.05) is 73.7 Å². The molecule has 1 N–H and O–H groups in total. The molecule has 0 saturated heterocycles. The second-order valence-electron chi connectivity index (χ2n) is 5.93. The number of ether oxygens (including phenoxy) is 2. The van der Waals surface area contributed by atoms with E-state index >= 15 is 0 Å². The summed E-state index contributed by atoms with van der Waals surface area (Å²) in [5.74, 6) is 1.61. The maximum Gasteiger partial charge on any atom is 0.119 e. The van der Waals surface area contributed by atoms with E-state index in [2.05, 4.69) is 12.1 Å². The fraction of sp³-hybridized carbons (Fsp3) is 0.182. The largest absolute Gasteiger partial charge is 0.489 e. The predicted molar refractivity (Wildman–Crippen MR) is 99.8 cm³/mol. The first kappa shape index (κ1) is 17.1. The third-order valence-corrected chi connectivity index (χ3v) is 3.88. The van der Waals surface area contributed by atoms with Crippen LogP contribution in [0, 0.1) is 0 Å². The molecule has 3 aromatic rings. The Labute approximate surface area is 148 Å². The van der Waals surface area contributed by atoms with Crippen LogP contribution in [0.2, 0.25) is 0 Å². The quantitative estimate of drug-likeness (QED) is 0.681. The first-order valence-electron chi connectivity index (χ1n) is 8.39. The molecule has 0 aromatic heterocycles. The van der Waals surface area contributed by atoms with Gasteiger partial charge in [-0.2, -0.15) is 0 Å². The molecule has 128 valence electrons. The second-order valence-corrected chi connectivity index (χ2v) is 5.93. The lowest BCUT2D eigenvalue weighted by molar-refractivity contribution is 0.130. The van der Waals surface area contributed by atoms with Crippen LogP contribution in [-0.4, -0.2) is 17.8 Å². The van der Waals surface area contributed by atoms with Crippen molar-refractivity contribution < 1.29 is 14.6 Å². The molecule has 0 heterocycles. The van der Waals surface area contributed by atoms with Crippen molar-refractivity contribution in [2.45, 2.75) is 19.6 Å². The van der Waals surface area contributed by atoms with Crippen LogP contribution in [0.25, 0.3) is 11.1 Å². The topological polar surface area (TPSA) is 38.7 Å². The summed E-state index contributed by atoms with van der Waals surface area (Å²) in [4.78, 5) is 0. The Morgan fingerprint density at radius 1 is 0.760 bits per heavy atom. The van der Waals surface area contributed by atoms with E-state index in [9.17, 15) is 0 Å². The number of aliphatic hydroxyl groups is 1. The molecule has 0 bridgehead atoms. The summed E-state index contributed by atoms with van der Waals surface area (Å²) in [6.07, 6.45) is -0.202. The number of hydrogen-bond acceptors (Lipinski definition) is 3. The molecule has 0 unspecified atom stereocenters. The summed E-state index contributed by atoms with van der Waals surface area (Å²) >= 11 is 0. The van der Waals surface area contributed by atoms with Crippen molar-refractivity contribution in [3.8, 4) is 22.6 Å². The van der Waals surface area contributed by atoms with Crippen molar-refractivity contribution in [3.63, 3.8) is 0 Å². The minimum Gasteiger partial charge on any atom is -0.489 e. The average Bonchev–Trinajstić information content (AvgIpc) is 2.68. The van der Waals surface area contributed by atoms with Crippen molar-refractivity contribution in [2.24, 2.45) is 0 Å².